The molecule has 0 radical (unpaired) electrons. The molecule has 0 aliphatic rings. The van der Waals surface area contributed by atoms with Gasteiger partial charge in [0.25, 0.3) is 0 Å². The largest absolute Gasteiger partial charge is 0.443 e. The summed E-state index contributed by atoms with van der Waals surface area (Å²) in [5.74, 6) is 0.458. The number of Topliss-reactive ketones (excluding diaryl/α,β-unsaturated/α-hetero) is 1. The smallest absolute Gasteiger partial charge is 0.420 e. The van der Waals surface area contributed by atoms with Gasteiger partial charge in [-0.2, -0.15) is 0 Å². The fourth-order valence-electron chi connectivity index (χ4n) is 1.90. The fraction of sp³-hybridized carbons (Fsp3) is 0.294. The molecule has 2 rings (SSSR count). The lowest BCUT2D eigenvalue weighted by atomic mass is 10.1. The number of benzene rings is 1. The van der Waals surface area contributed by atoms with E-state index in [2.05, 4.69) is 21.2 Å². The van der Waals surface area contributed by atoms with E-state index in [0.717, 1.165) is 4.47 Å². The third-order valence-corrected chi connectivity index (χ3v) is 3.46. The van der Waals surface area contributed by atoms with Crippen LogP contribution < -0.4 is 5.32 Å². The molecule has 0 fully saturated rings. The van der Waals surface area contributed by atoms with Crippen LogP contribution in [0, 0.1) is 0 Å². The van der Waals surface area contributed by atoms with Crippen LogP contribution in [0.4, 0.5) is 10.6 Å². The number of carbonyl (C=O) groups excluding carboxylic acids is 2. The van der Waals surface area contributed by atoms with Crippen molar-refractivity contribution in [3.05, 3.63) is 52.6 Å². The number of ketones is 1. The van der Waals surface area contributed by atoms with Gasteiger partial charge in [0.2, 0.25) is 0 Å². The van der Waals surface area contributed by atoms with Crippen LogP contribution in [0.2, 0.25) is 0 Å². The van der Waals surface area contributed by atoms with Crippen LogP contribution in [0.3, 0.4) is 0 Å². The van der Waals surface area contributed by atoms with Gasteiger partial charge in [-0.15, -0.1) is 0 Å². The number of ether oxygens (including phenoxy) is 1. The molecule has 1 aromatic carbocycles. The zero-order valence-corrected chi connectivity index (χ0v) is 14.9. The zero-order chi connectivity index (χ0) is 17.0. The van der Waals surface area contributed by atoms with E-state index in [0.29, 0.717) is 11.4 Å². The van der Waals surface area contributed by atoms with E-state index in [1.54, 1.807) is 51.2 Å². The molecule has 5 nitrogen and oxygen atoms in total. The lowest BCUT2D eigenvalue weighted by Crippen LogP contribution is -2.28. The van der Waals surface area contributed by atoms with Gasteiger partial charge in [0.05, 0.1) is 6.54 Å². The lowest BCUT2D eigenvalue weighted by molar-refractivity contribution is 0.0540. The Morgan fingerprint density at radius 2 is 1.83 bits per heavy atom. The summed E-state index contributed by atoms with van der Waals surface area (Å²) in [6.45, 7) is 5.50. The summed E-state index contributed by atoms with van der Waals surface area (Å²) in [7, 11) is 0. The molecule has 1 N–H and O–H groups in total. The third-order valence-electron chi connectivity index (χ3n) is 2.94. The van der Waals surface area contributed by atoms with Gasteiger partial charge in [-0.3, -0.25) is 4.79 Å². The minimum absolute atomic E-state index is 0.0607. The number of hydrogen-bond donors (Lipinski definition) is 1. The Kier molecular flexibility index (Phi) is 5.26. The van der Waals surface area contributed by atoms with Gasteiger partial charge in [-0.25, -0.2) is 9.36 Å². The van der Waals surface area contributed by atoms with Gasteiger partial charge in [-0.05, 0) is 45.0 Å². The maximum Gasteiger partial charge on any atom is 0.420 e. The Bertz CT molecular complexity index is 699. The molecular formula is C17H19BrN2O3. The Morgan fingerprint density at radius 1 is 1.17 bits per heavy atom. The minimum Gasteiger partial charge on any atom is -0.443 e. The van der Waals surface area contributed by atoms with Crippen molar-refractivity contribution in [1.82, 2.24) is 4.57 Å². The first-order valence-electron chi connectivity index (χ1n) is 7.19. The topological polar surface area (TPSA) is 60.3 Å². The average molecular weight is 379 g/mol. The van der Waals surface area contributed by atoms with Crippen LogP contribution in [0.5, 0.6) is 0 Å². The highest BCUT2D eigenvalue weighted by Crippen LogP contribution is 2.15. The fourth-order valence-corrected chi connectivity index (χ4v) is 2.17. The van der Waals surface area contributed by atoms with Crippen molar-refractivity contribution in [3.8, 4) is 0 Å². The molecule has 0 atom stereocenters. The predicted octanol–water partition coefficient (Wildman–Crippen LogP) is 4.33. The highest BCUT2D eigenvalue weighted by molar-refractivity contribution is 9.10. The third kappa shape index (κ3) is 4.96. The molecule has 1 aromatic heterocycles. The van der Waals surface area contributed by atoms with Crippen molar-refractivity contribution in [2.75, 3.05) is 11.9 Å². The van der Waals surface area contributed by atoms with E-state index in [9.17, 15) is 9.59 Å². The SMILES string of the molecule is CC(C)(C)OC(=O)n1cccc1NCC(=O)c1ccc(Br)cc1. The molecule has 6 heteroatoms. The van der Waals surface area contributed by atoms with Crippen molar-refractivity contribution >= 4 is 33.6 Å². The first-order chi connectivity index (χ1) is 10.8. The van der Waals surface area contributed by atoms with Gasteiger partial charge in [0.1, 0.15) is 11.4 Å². The number of halogens is 1. The van der Waals surface area contributed by atoms with E-state index >= 15 is 0 Å². The van der Waals surface area contributed by atoms with E-state index < -0.39 is 11.7 Å². The molecule has 2 aromatic rings. The molecule has 0 unspecified atom stereocenters. The highest BCUT2D eigenvalue weighted by atomic mass is 79.9. The number of hydrogen-bond acceptors (Lipinski definition) is 4. The van der Waals surface area contributed by atoms with Gasteiger partial charge < -0.3 is 10.1 Å². The van der Waals surface area contributed by atoms with E-state index in [1.807, 2.05) is 12.1 Å². The summed E-state index contributed by atoms with van der Waals surface area (Å²) >= 11 is 3.33. The van der Waals surface area contributed by atoms with Gasteiger partial charge >= 0.3 is 6.09 Å². The molecule has 0 saturated heterocycles. The first-order valence-corrected chi connectivity index (χ1v) is 7.99. The minimum atomic E-state index is -0.578. The second-order valence-electron chi connectivity index (χ2n) is 6.03. The molecule has 0 aliphatic heterocycles. The molecule has 0 spiro atoms. The lowest BCUT2D eigenvalue weighted by Gasteiger charge is -2.20. The first kappa shape index (κ1) is 17.3. The van der Waals surface area contributed by atoms with Crippen LogP contribution in [-0.2, 0) is 4.74 Å². The van der Waals surface area contributed by atoms with Gasteiger partial charge in [0, 0.05) is 16.2 Å². The van der Waals surface area contributed by atoms with Crippen LogP contribution >= 0.6 is 15.9 Å². The maximum atomic E-state index is 12.2. The molecule has 122 valence electrons. The Labute approximate surface area is 143 Å². The van der Waals surface area contributed by atoms with Crippen molar-refractivity contribution in [2.45, 2.75) is 26.4 Å². The molecular weight excluding hydrogens is 360 g/mol. The summed E-state index contributed by atoms with van der Waals surface area (Å²) in [6, 6.07) is 10.6. The number of carbonyl (C=O) groups is 2. The number of aromatic nitrogens is 1. The van der Waals surface area contributed by atoms with E-state index in [1.165, 1.54) is 4.57 Å². The van der Waals surface area contributed by atoms with Crippen molar-refractivity contribution in [1.29, 1.82) is 0 Å². The molecule has 0 bridgehead atoms. The molecule has 0 amide bonds. The van der Waals surface area contributed by atoms with Crippen LogP contribution in [-0.4, -0.2) is 28.6 Å². The molecule has 0 saturated carbocycles. The van der Waals surface area contributed by atoms with Crippen molar-refractivity contribution in [2.24, 2.45) is 0 Å². The van der Waals surface area contributed by atoms with Crippen LogP contribution in [0.15, 0.2) is 47.1 Å². The molecule has 1 heterocycles. The van der Waals surface area contributed by atoms with Crippen LogP contribution in [0.25, 0.3) is 0 Å². The number of rotatable bonds is 4. The average Bonchev–Trinajstić information content (AvgIpc) is 2.92. The van der Waals surface area contributed by atoms with Crippen molar-refractivity contribution in [3.63, 3.8) is 0 Å². The standard InChI is InChI=1S/C17H19BrN2O3/c1-17(2,3)23-16(22)20-10-4-5-15(20)19-11-14(21)12-6-8-13(18)9-7-12/h4-10,19H,11H2,1-3H3. The quantitative estimate of drug-likeness (QED) is 0.804. The predicted molar refractivity (Wildman–Crippen MR) is 93.0 cm³/mol. The van der Waals surface area contributed by atoms with Gasteiger partial charge in [-0.1, -0.05) is 28.1 Å². The van der Waals surface area contributed by atoms with Crippen LogP contribution in [0.1, 0.15) is 31.1 Å². The highest BCUT2D eigenvalue weighted by Gasteiger charge is 2.19. The number of nitrogens with one attached hydrogen (secondary N) is 1. The van der Waals surface area contributed by atoms with E-state index in [-0.39, 0.29) is 12.3 Å². The Balaban J connectivity index is 2.02. The second kappa shape index (κ2) is 7.00. The zero-order valence-electron chi connectivity index (χ0n) is 13.3. The Morgan fingerprint density at radius 3 is 2.43 bits per heavy atom. The summed E-state index contributed by atoms with van der Waals surface area (Å²) in [5.41, 5.74) is 0.0300. The maximum absolute atomic E-state index is 12.2. The molecule has 23 heavy (non-hydrogen) atoms. The monoisotopic (exact) mass is 378 g/mol. The van der Waals surface area contributed by atoms with Crippen molar-refractivity contribution < 1.29 is 14.3 Å². The van der Waals surface area contributed by atoms with Gasteiger partial charge in [0.15, 0.2) is 5.78 Å². The summed E-state index contributed by atoms with van der Waals surface area (Å²) in [5, 5.41) is 2.97. The number of anilines is 1. The Hall–Kier alpha value is -2.08. The second-order valence-corrected chi connectivity index (χ2v) is 6.94. The van der Waals surface area contributed by atoms with E-state index in [4.69, 9.17) is 4.74 Å². The summed E-state index contributed by atoms with van der Waals surface area (Å²) in [6.07, 6.45) is 1.11. The summed E-state index contributed by atoms with van der Waals surface area (Å²) in [4.78, 5) is 24.3. The molecule has 0 aliphatic carbocycles. The summed E-state index contributed by atoms with van der Waals surface area (Å²) < 4.78 is 7.59. The normalized spacial score (nSPS) is 11.1. The number of nitrogens with zero attached hydrogens (tertiary/aromatic N) is 1.